The van der Waals surface area contributed by atoms with E-state index < -0.39 is 5.82 Å². The highest BCUT2D eigenvalue weighted by Crippen LogP contribution is 2.19. The third kappa shape index (κ3) is 3.80. The molecule has 0 aliphatic heterocycles. The Morgan fingerprint density at radius 1 is 1.10 bits per heavy atom. The molecule has 0 bridgehead atoms. The van der Waals surface area contributed by atoms with Crippen molar-refractivity contribution in [3.05, 3.63) is 65.0 Å². The molecule has 0 radical (unpaired) electrons. The molecule has 0 fully saturated rings. The molecule has 1 N–H and O–H groups in total. The zero-order valence-electron chi connectivity index (χ0n) is 12.2. The van der Waals surface area contributed by atoms with Crippen LogP contribution < -0.4 is 5.32 Å². The van der Waals surface area contributed by atoms with Gasteiger partial charge in [0.15, 0.2) is 0 Å². The standard InChI is InChI=1S/C17H18FN3/c1-21(2)12-14-7-4-3-6-13(14)11-20-17-9-5-8-16(18)15(17)10-19/h3-9,20H,11-12H2,1-2H3. The molecule has 0 aliphatic rings. The molecule has 4 heteroatoms. The second-order valence-corrected chi connectivity index (χ2v) is 5.13. The Bertz CT molecular complexity index is 659. The van der Waals surface area contributed by atoms with Crippen molar-refractivity contribution in [2.24, 2.45) is 0 Å². The van der Waals surface area contributed by atoms with Crippen molar-refractivity contribution in [2.75, 3.05) is 19.4 Å². The normalized spacial score (nSPS) is 10.4. The molecule has 2 rings (SSSR count). The van der Waals surface area contributed by atoms with Crippen LogP contribution >= 0.6 is 0 Å². The summed E-state index contributed by atoms with van der Waals surface area (Å²) in [6.07, 6.45) is 0. The van der Waals surface area contributed by atoms with Gasteiger partial charge in [0, 0.05) is 13.1 Å². The minimum absolute atomic E-state index is 0.0580. The molecule has 0 aliphatic carbocycles. The lowest BCUT2D eigenvalue weighted by molar-refractivity contribution is 0.401. The first-order valence-corrected chi connectivity index (χ1v) is 6.76. The van der Waals surface area contributed by atoms with Gasteiger partial charge in [-0.05, 0) is 37.4 Å². The topological polar surface area (TPSA) is 39.1 Å². The lowest BCUT2D eigenvalue weighted by Gasteiger charge is -2.15. The molecule has 2 aromatic carbocycles. The fourth-order valence-corrected chi connectivity index (χ4v) is 2.20. The van der Waals surface area contributed by atoms with E-state index >= 15 is 0 Å². The molecule has 21 heavy (non-hydrogen) atoms. The van der Waals surface area contributed by atoms with Crippen molar-refractivity contribution < 1.29 is 4.39 Å². The summed E-state index contributed by atoms with van der Waals surface area (Å²) in [6, 6.07) is 14.6. The Balaban J connectivity index is 2.18. The smallest absolute Gasteiger partial charge is 0.143 e. The molecule has 3 nitrogen and oxygen atoms in total. The number of nitriles is 1. The van der Waals surface area contributed by atoms with Crippen molar-refractivity contribution in [3.63, 3.8) is 0 Å². The van der Waals surface area contributed by atoms with Gasteiger partial charge in [-0.3, -0.25) is 0 Å². The number of nitrogens with zero attached hydrogens (tertiary/aromatic N) is 2. The van der Waals surface area contributed by atoms with Crippen LogP contribution in [0.2, 0.25) is 0 Å². The Labute approximate surface area is 124 Å². The highest BCUT2D eigenvalue weighted by molar-refractivity contribution is 5.58. The zero-order valence-corrected chi connectivity index (χ0v) is 12.2. The van der Waals surface area contributed by atoms with E-state index in [1.165, 1.54) is 11.6 Å². The number of hydrogen-bond donors (Lipinski definition) is 1. The summed E-state index contributed by atoms with van der Waals surface area (Å²) >= 11 is 0. The second kappa shape index (κ2) is 6.87. The Kier molecular flexibility index (Phi) is 4.91. The highest BCUT2D eigenvalue weighted by Gasteiger charge is 2.08. The van der Waals surface area contributed by atoms with Crippen molar-refractivity contribution >= 4 is 5.69 Å². The van der Waals surface area contributed by atoms with Gasteiger partial charge in [-0.1, -0.05) is 30.3 Å². The maximum Gasteiger partial charge on any atom is 0.143 e. The molecule has 0 amide bonds. The van der Waals surface area contributed by atoms with E-state index in [2.05, 4.69) is 16.3 Å². The monoisotopic (exact) mass is 283 g/mol. The van der Waals surface area contributed by atoms with Crippen LogP contribution in [0.25, 0.3) is 0 Å². The molecule has 2 aromatic rings. The largest absolute Gasteiger partial charge is 0.380 e. The summed E-state index contributed by atoms with van der Waals surface area (Å²) in [5, 5.41) is 12.2. The fraction of sp³-hybridized carbons (Fsp3) is 0.235. The number of benzene rings is 2. The number of rotatable bonds is 5. The van der Waals surface area contributed by atoms with Gasteiger partial charge in [0.1, 0.15) is 17.4 Å². The van der Waals surface area contributed by atoms with Crippen molar-refractivity contribution in [3.8, 4) is 6.07 Å². The number of hydrogen-bond acceptors (Lipinski definition) is 3. The Morgan fingerprint density at radius 2 is 1.81 bits per heavy atom. The fourth-order valence-electron chi connectivity index (χ4n) is 2.20. The van der Waals surface area contributed by atoms with Crippen molar-refractivity contribution in [1.29, 1.82) is 5.26 Å². The van der Waals surface area contributed by atoms with Crippen LogP contribution in [-0.2, 0) is 13.1 Å². The van der Waals surface area contributed by atoms with Crippen LogP contribution in [0.3, 0.4) is 0 Å². The maximum absolute atomic E-state index is 13.6. The molecule has 0 heterocycles. The van der Waals surface area contributed by atoms with Gasteiger partial charge in [0.05, 0.1) is 5.69 Å². The maximum atomic E-state index is 13.6. The molecule has 0 spiro atoms. The highest BCUT2D eigenvalue weighted by atomic mass is 19.1. The van der Waals surface area contributed by atoms with Crippen molar-refractivity contribution in [1.82, 2.24) is 4.90 Å². The van der Waals surface area contributed by atoms with Crippen LogP contribution in [0.4, 0.5) is 10.1 Å². The lowest BCUT2D eigenvalue weighted by atomic mass is 10.1. The summed E-state index contributed by atoms with van der Waals surface area (Å²) in [5.41, 5.74) is 2.93. The van der Waals surface area contributed by atoms with Gasteiger partial charge in [-0.15, -0.1) is 0 Å². The predicted molar refractivity (Wildman–Crippen MR) is 82.3 cm³/mol. The van der Waals surface area contributed by atoms with E-state index in [0.717, 1.165) is 12.1 Å². The summed E-state index contributed by atoms with van der Waals surface area (Å²) in [5.74, 6) is -0.496. The molecule has 0 atom stereocenters. The van der Waals surface area contributed by atoms with Gasteiger partial charge < -0.3 is 10.2 Å². The average molecular weight is 283 g/mol. The van der Waals surface area contributed by atoms with Gasteiger partial charge in [-0.25, -0.2) is 4.39 Å². The molecule has 0 unspecified atom stereocenters. The van der Waals surface area contributed by atoms with E-state index in [-0.39, 0.29) is 5.56 Å². The quantitative estimate of drug-likeness (QED) is 0.914. The van der Waals surface area contributed by atoms with Gasteiger partial charge >= 0.3 is 0 Å². The van der Waals surface area contributed by atoms with Crippen LogP contribution in [0.5, 0.6) is 0 Å². The minimum atomic E-state index is -0.496. The first-order chi connectivity index (χ1) is 10.1. The number of anilines is 1. The third-order valence-corrected chi connectivity index (χ3v) is 3.20. The summed E-state index contributed by atoms with van der Waals surface area (Å²) in [6.45, 7) is 1.40. The van der Waals surface area contributed by atoms with Crippen LogP contribution in [-0.4, -0.2) is 19.0 Å². The van der Waals surface area contributed by atoms with Gasteiger partial charge in [0.25, 0.3) is 0 Å². The molecule has 0 aromatic heterocycles. The summed E-state index contributed by atoms with van der Waals surface area (Å²) < 4.78 is 13.6. The summed E-state index contributed by atoms with van der Waals surface area (Å²) in [4.78, 5) is 2.10. The average Bonchev–Trinajstić information content (AvgIpc) is 2.46. The molecular weight excluding hydrogens is 265 g/mol. The minimum Gasteiger partial charge on any atom is -0.380 e. The SMILES string of the molecule is CN(C)Cc1ccccc1CNc1cccc(F)c1C#N. The molecule has 0 saturated carbocycles. The number of nitrogens with one attached hydrogen (secondary N) is 1. The van der Waals surface area contributed by atoms with Crippen molar-refractivity contribution in [2.45, 2.75) is 13.1 Å². The molecule has 0 saturated heterocycles. The van der Waals surface area contributed by atoms with Crippen LogP contribution in [0, 0.1) is 17.1 Å². The predicted octanol–water partition coefficient (Wildman–Crippen LogP) is 3.37. The van der Waals surface area contributed by atoms with Crippen LogP contribution in [0.1, 0.15) is 16.7 Å². The van der Waals surface area contributed by atoms with Gasteiger partial charge in [0.2, 0.25) is 0 Å². The first-order valence-electron chi connectivity index (χ1n) is 6.76. The van der Waals surface area contributed by atoms with E-state index in [4.69, 9.17) is 5.26 Å². The lowest BCUT2D eigenvalue weighted by Crippen LogP contribution is -2.13. The molecular formula is C17H18FN3. The number of halogens is 1. The van der Waals surface area contributed by atoms with Gasteiger partial charge in [-0.2, -0.15) is 5.26 Å². The van der Waals surface area contributed by atoms with E-state index in [0.29, 0.717) is 12.2 Å². The van der Waals surface area contributed by atoms with E-state index in [9.17, 15) is 4.39 Å². The first kappa shape index (κ1) is 15.0. The third-order valence-electron chi connectivity index (χ3n) is 3.20. The van der Waals surface area contributed by atoms with E-state index in [1.54, 1.807) is 12.1 Å². The van der Waals surface area contributed by atoms with E-state index in [1.807, 2.05) is 38.4 Å². The zero-order chi connectivity index (χ0) is 15.2. The Morgan fingerprint density at radius 3 is 2.48 bits per heavy atom. The second-order valence-electron chi connectivity index (χ2n) is 5.13. The molecule has 108 valence electrons. The Hall–Kier alpha value is -2.38. The van der Waals surface area contributed by atoms with Crippen LogP contribution in [0.15, 0.2) is 42.5 Å². The summed E-state index contributed by atoms with van der Waals surface area (Å²) in [7, 11) is 4.04.